The molecule has 9 nitrogen and oxygen atoms in total. The van der Waals surface area contributed by atoms with E-state index in [1.165, 1.54) is 42.5 Å². The van der Waals surface area contributed by atoms with Crippen molar-refractivity contribution < 1.29 is 41.1 Å². The number of anilines is 2. The van der Waals surface area contributed by atoms with Crippen molar-refractivity contribution in [2.24, 2.45) is 5.92 Å². The summed E-state index contributed by atoms with van der Waals surface area (Å²) < 4.78 is 65.8. The maximum Gasteiger partial charge on any atom is 0.341 e. The third-order valence-corrected chi connectivity index (χ3v) is 9.01. The Labute approximate surface area is 239 Å². The third kappa shape index (κ3) is 6.73. The van der Waals surface area contributed by atoms with Gasteiger partial charge >= 0.3 is 11.9 Å². The van der Waals surface area contributed by atoms with Crippen molar-refractivity contribution in [1.29, 1.82) is 0 Å². The Morgan fingerprint density at radius 3 is 2.59 bits per heavy atom. The number of hydrogen-bond acceptors (Lipinski definition) is 8. The summed E-state index contributed by atoms with van der Waals surface area (Å²) in [5.41, 5.74) is 0.621. The minimum absolute atomic E-state index is 0.163. The number of halogens is 2. The number of fused-ring (bicyclic) bond motifs is 1. The monoisotopic (exact) mass is 606 g/mol. The van der Waals surface area contributed by atoms with Crippen molar-refractivity contribution in [3.05, 3.63) is 75.7 Å². The number of thiophene rings is 1. The van der Waals surface area contributed by atoms with Gasteiger partial charge in [0.05, 0.1) is 23.4 Å². The van der Waals surface area contributed by atoms with Gasteiger partial charge in [-0.15, -0.1) is 11.3 Å². The van der Waals surface area contributed by atoms with Crippen LogP contribution < -0.4 is 10.0 Å². The van der Waals surface area contributed by atoms with Crippen LogP contribution in [0.1, 0.15) is 58.3 Å². The number of amides is 1. The van der Waals surface area contributed by atoms with E-state index in [2.05, 4.69) is 17.0 Å². The van der Waals surface area contributed by atoms with Crippen LogP contribution in [0.4, 0.5) is 19.5 Å². The number of sulfonamides is 1. The molecular formula is C28H28F2N2O7S2. The van der Waals surface area contributed by atoms with Gasteiger partial charge in [0.15, 0.2) is 6.10 Å². The predicted octanol–water partition coefficient (Wildman–Crippen LogP) is 5.31. The highest BCUT2D eigenvalue weighted by atomic mass is 32.2. The number of benzene rings is 2. The van der Waals surface area contributed by atoms with Gasteiger partial charge in [-0.05, 0) is 74.9 Å². The molecule has 2 aromatic carbocycles. The second-order valence-corrected chi connectivity index (χ2v) is 12.3. The fourth-order valence-electron chi connectivity index (χ4n) is 4.38. The van der Waals surface area contributed by atoms with Crippen LogP contribution in [0.5, 0.6) is 0 Å². The van der Waals surface area contributed by atoms with Gasteiger partial charge in [-0.3, -0.25) is 9.52 Å². The molecule has 0 spiro atoms. The minimum atomic E-state index is -4.63. The van der Waals surface area contributed by atoms with E-state index in [9.17, 15) is 31.6 Å². The molecular weight excluding hydrogens is 578 g/mol. The summed E-state index contributed by atoms with van der Waals surface area (Å²) in [6.07, 6.45) is 0.986. The smallest absolute Gasteiger partial charge is 0.341 e. The van der Waals surface area contributed by atoms with Crippen molar-refractivity contribution in [3.63, 3.8) is 0 Å². The van der Waals surface area contributed by atoms with Gasteiger partial charge in [-0.25, -0.2) is 26.8 Å². The molecule has 2 atom stereocenters. The highest BCUT2D eigenvalue weighted by Crippen LogP contribution is 2.40. The van der Waals surface area contributed by atoms with Crippen LogP contribution in [0.15, 0.2) is 47.4 Å². The van der Waals surface area contributed by atoms with E-state index in [4.69, 9.17) is 9.47 Å². The van der Waals surface area contributed by atoms with E-state index >= 15 is 0 Å². The molecule has 0 saturated heterocycles. The molecule has 1 aromatic heterocycles. The van der Waals surface area contributed by atoms with Gasteiger partial charge in [0.1, 0.15) is 21.5 Å². The van der Waals surface area contributed by atoms with E-state index < -0.39 is 50.5 Å². The quantitative estimate of drug-likeness (QED) is 0.316. The van der Waals surface area contributed by atoms with Gasteiger partial charge in [0.2, 0.25) is 0 Å². The maximum atomic E-state index is 14.1. The summed E-state index contributed by atoms with van der Waals surface area (Å²) in [7, 11) is -4.63. The number of carbonyl (C=O) groups excluding carboxylic acids is 3. The maximum absolute atomic E-state index is 14.1. The number of nitrogens with one attached hydrogen (secondary N) is 2. The molecule has 1 aliphatic carbocycles. The molecule has 0 bridgehead atoms. The second-order valence-electron chi connectivity index (χ2n) is 9.54. The summed E-state index contributed by atoms with van der Waals surface area (Å²) in [5.74, 6) is -4.03. The molecule has 2 N–H and O–H groups in total. The third-order valence-electron chi connectivity index (χ3n) is 6.46. The summed E-state index contributed by atoms with van der Waals surface area (Å²) in [6, 6.07) is 7.29. The zero-order valence-electron chi connectivity index (χ0n) is 22.5. The zero-order chi connectivity index (χ0) is 29.9. The molecule has 0 saturated carbocycles. The molecule has 0 unspecified atom stereocenters. The fraction of sp³-hybridized carbons (Fsp3) is 0.321. The first-order chi connectivity index (χ1) is 19.4. The molecule has 1 amide bonds. The first kappa shape index (κ1) is 30.1. The average Bonchev–Trinajstić information content (AvgIpc) is 3.26. The fourth-order valence-corrected chi connectivity index (χ4v) is 6.95. The van der Waals surface area contributed by atoms with Crippen LogP contribution in [-0.4, -0.2) is 39.0 Å². The number of hydrogen-bond donors (Lipinski definition) is 2. The van der Waals surface area contributed by atoms with Gasteiger partial charge < -0.3 is 14.8 Å². The van der Waals surface area contributed by atoms with Crippen LogP contribution in [0, 0.1) is 17.6 Å². The standard InChI is InChI=1S/C28H28F2N2O7S2/c1-4-38-28(35)24-19-11-9-15(2)13-22(19)40-26(24)31-25(33)16(3)39-27(34)18-7-5-6-8-21(18)32-41(36,37)23-14-17(29)10-12-20(23)30/h5-8,10,12,14-16,32H,4,9,11,13H2,1-3H3,(H,31,33)/t15-,16-/m1/s1. The van der Waals surface area contributed by atoms with Crippen LogP contribution in [-0.2, 0) is 37.1 Å². The summed E-state index contributed by atoms with van der Waals surface area (Å²) in [6.45, 7) is 5.28. The van der Waals surface area contributed by atoms with Crippen LogP contribution in [0.25, 0.3) is 0 Å². The Bertz CT molecular complexity index is 1600. The van der Waals surface area contributed by atoms with E-state index in [0.717, 1.165) is 29.3 Å². The van der Waals surface area contributed by atoms with E-state index in [0.29, 0.717) is 35.0 Å². The topological polar surface area (TPSA) is 128 Å². The van der Waals surface area contributed by atoms with Crippen molar-refractivity contribution in [1.82, 2.24) is 0 Å². The van der Waals surface area contributed by atoms with E-state index in [1.807, 2.05) is 0 Å². The molecule has 1 aliphatic rings. The number of ether oxygens (including phenoxy) is 2. The first-order valence-corrected chi connectivity index (χ1v) is 15.1. The SMILES string of the molecule is CCOC(=O)c1c(NC(=O)[C@@H](C)OC(=O)c2ccccc2NS(=O)(=O)c2cc(F)ccc2F)sc2c1CC[C@@H](C)C2. The first-order valence-electron chi connectivity index (χ1n) is 12.8. The van der Waals surface area contributed by atoms with Crippen molar-refractivity contribution in [2.45, 2.75) is 51.0 Å². The van der Waals surface area contributed by atoms with Crippen molar-refractivity contribution >= 4 is 49.9 Å². The lowest BCUT2D eigenvalue weighted by molar-refractivity contribution is -0.123. The Balaban J connectivity index is 1.52. The summed E-state index contributed by atoms with van der Waals surface area (Å²) in [4.78, 5) is 38.8. The largest absolute Gasteiger partial charge is 0.462 e. The molecule has 4 rings (SSSR count). The molecule has 41 heavy (non-hydrogen) atoms. The minimum Gasteiger partial charge on any atom is -0.462 e. The Morgan fingerprint density at radius 2 is 1.85 bits per heavy atom. The number of esters is 2. The lowest BCUT2D eigenvalue weighted by atomic mass is 9.88. The summed E-state index contributed by atoms with van der Waals surface area (Å²) >= 11 is 1.28. The van der Waals surface area contributed by atoms with Crippen LogP contribution in [0.3, 0.4) is 0 Å². The molecule has 218 valence electrons. The molecule has 1 heterocycles. The second kappa shape index (κ2) is 12.4. The molecule has 0 radical (unpaired) electrons. The normalized spacial score (nSPS) is 15.4. The van der Waals surface area contributed by atoms with Gasteiger partial charge in [-0.1, -0.05) is 19.1 Å². The number of carbonyl (C=O) groups is 3. The molecule has 0 fully saturated rings. The Kier molecular flexibility index (Phi) is 9.08. The number of rotatable bonds is 9. The predicted molar refractivity (Wildman–Crippen MR) is 149 cm³/mol. The zero-order valence-corrected chi connectivity index (χ0v) is 24.1. The highest BCUT2D eigenvalue weighted by Gasteiger charge is 2.31. The van der Waals surface area contributed by atoms with Crippen LogP contribution in [0.2, 0.25) is 0 Å². The lowest BCUT2D eigenvalue weighted by Gasteiger charge is -2.18. The van der Waals surface area contributed by atoms with Crippen molar-refractivity contribution in [2.75, 3.05) is 16.6 Å². The number of para-hydroxylation sites is 1. The van der Waals surface area contributed by atoms with Gasteiger partial charge in [0.25, 0.3) is 15.9 Å². The molecule has 0 aliphatic heterocycles. The van der Waals surface area contributed by atoms with Gasteiger partial charge in [-0.2, -0.15) is 0 Å². The molecule has 3 aromatic rings. The Morgan fingerprint density at radius 1 is 1.12 bits per heavy atom. The van der Waals surface area contributed by atoms with E-state index in [1.54, 1.807) is 6.92 Å². The van der Waals surface area contributed by atoms with Crippen molar-refractivity contribution in [3.8, 4) is 0 Å². The van der Waals surface area contributed by atoms with E-state index in [-0.39, 0.29) is 17.9 Å². The van der Waals surface area contributed by atoms with Crippen LogP contribution >= 0.6 is 11.3 Å². The average molecular weight is 607 g/mol. The Hall–Kier alpha value is -3.84. The lowest BCUT2D eigenvalue weighted by Crippen LogP contribution is -2.30. The summed E-state index contributed by atoms with van der Waals surface area (Å²) in [5, 5.41) is 2.98. The highest BCUT2D eigenvalue weighted by molar-refractivity contribution is 7.92. The van der Waals surface area contributed by atoms with Gasteiger partial charge in [0, 0.05) is 4.88 Å². The molecule has 13 heteroatoms.